The van der Waals surface area contributed by atoms with Gasteiger partial charge < -0.3 is 39.6 Å². The first-order valence-corrected chi connectivity index (χ1v) is 15.6. The minimum absolute atomic E-state index is 0.0636. The first kappa shape index (κ1) is 31.3. The third-order valence-corrected chi connectivity index (χ3v) is 8.47. The summed E-state index contributed by atoms with van der Waals surface area (Å²) in [6, 6.07) is 7.39. The SMILES string of the molecule is CN=C/C(=C\N)c1cccc(NC(=O)c2cc3oc(N4CCN(C(=O)OC(C)(C)C)CC4)nc3nc2N2CCC3(CCO3)CC2)n1. The number of piperazine rings is 1. The number of carbonyl (C=O) groups excluding carboxylic acids is 2. The number of aromatic nitrogens is 3. The Labute approximate surface area is 267 Å². The summed E-state index contributed by atoms with van der Waals surface area (Å²) in [6.45, 7) is 9.72. The lowest BCUT2D eigenvalue weighted by molar-refractivity contribution is -0.158. The largest absolute Gasteiger partial charge is 0.444 e. The van der Waals surface area contributed by atoms with E-state index in [0.717, 1.165) is 25.9 Å². The quantitative estimate of drug-likeness (QED) is 0.381. The molecule has 6 rings (SSSR count). The molecule has 14 nitrogen and oxygen atoms in total. The third kappa shape index (κ3) is 6.62. The Balaban J connectivity index is 1.26. The van der Waals surface area contributed by atoms with Gasteiger partial charge in [-0.05, 0) is 52.2 Å². The Bertz CT molecular complexity index is 1660. The lowest BCUT2D eigenvalue weighted by Gasteiger charge is -2.48. The van der Waals surface area contributed by atoms with Gasteiger partial charge >= 0.3 is 6.09 Å². The second-order valence-corrected chi connectivity index (χ2v) is 12.8. The zero-order valence-corrected chi connectivity index (χ0v) is 26.8. The van der Waals surface area contributed by atoms with Crippen molar-refractivity contribution >= 4 is 52.7 Å². The van der Waals surface area contributed by atoms with Crippen molar-refractivity contribution in [3.63, 3.8) is 0 Å². The number of carbonyl (C=O) groups is 2. The highest BCUT2D eigenvalue weighted by Gasteiger charge is 2.42. The highest BCUT2D eigenvalue weighted by molar-refractivity contribution is 6.10. The molecule has 3 saturated heterocycles. The summed E-state index contributed by atoms with van der Waals surface area (Å²) in [5.41, 5.74) is 7.51. The molecule has 46 heavy (non-hydrogen) atoms. The van der Waals surface area contributed by atoms with E-state index in [4.69, 9.17) is 29.6 Å². The van der Waals surface area contributed by atoms with Gasteiger partial charge in [0.25, 0.3) is 11.9 Å². The van der Waals surface area contributed by atoms with Crippen molar-refractivity contribution in [3.8, 4) is 0 Å². The molecule has 14 heteroatoms. The summed E-state index contributed by atoms with van der Waals surface area (Å²) in [6.07, 6.45) is 5.46. The minimum Gasteiger partial charge on any atom is -0.444 e. The van der Waals surface area contributed by atoms with Crippen molar-refractivity contribution in [2.75, 3.05) is 68.0 Å². The van der Waals surface area contributed by atoms with Crippen LogP contribution in [0.2, 0.25) is 0 Å². The molecule has 0 radical (unpaired) electrons. The maximum Gasteiger partial charge on any atom is 0.410 e. The summed E-state index contributed by atoms with van der Waals surface area (Å²) < 4.78 is 17.6. The van der Waals surface area contributed by atoms with Gasteiger partial charge in [-0.1, -0.05) is 6.07 Å². The van der Waals surface area contributed by atoms with Gasteiger partial charge in [-0.15, -0.1) is 0 Å². The van der Waals surface area contributed by atoms with Gasteiger partial charge in [0.15, 0.2) is 5.58 Å². The first-order chi connectivity index (χ1) is 22.1. The first-order valence-electron chi connectivity index (χ1n) is 15.6. The van der Waals surface area contributed by atoms with E-state index in [1.165, 1.54) is 6.20 Å². The molecule has 6 heterocycles. The molecule has 3 aromatic rings. The van der Waals surface area contributed by atoms with E-state index in [9.17, 15) is 9.59 Å². The molecule has 3 fully saturated rings. The van der Waals surface area contributed by atoms with E-state index in [2.05, 4.69) is 20.2 Å². The number of amides is 2. The van der Waals surface area contributed by atoms with Crippen LogP contribution in [0.4, 0.5) is 22.4 Å². The fraction of sp³-hybridized carbons (Fsp3) is 0.500. The number of piperidine rings is 1. The number of anilines is 3. The summed E-state index contributed by atoms with van der Waals surface area (Å²) >= 11 is 0. The van der Waals surface area contributed by atoms with Crippen LogP contribution >= 0.6 is 0 Å². The van der Waals surface area contributed by atoms with Crippen LogP contribution < -0.4 is 20.9 Å². The molecule has 0 unspecified atom stereocenters. The van der Waals surface area contributed by atoms with E-state index < -0.39 is 5.60 Å². The lowest BCUT2D eigenvalue weighted by Crippen LogP contribution is -2.52. The van der Waals surface area contributed by atoms with Crippen LogP contribution in [-0.4, -0.2) is 102 Å². The van der Waals surface area contributed by atoms with Crippen molar-refractivity contribution in [2.45, 2.75) is 51.2 Å². The average molecular weight is 632 g/mol. The number of pyridine rings is 2. The number of rotatable bonds is 6. The van der Waals surface area contributed by atoms with Gasteiger partial charge in [0, 0.05) is 70.4 Å². The van der Waals surface area contributed by atoms with Crippen LogP contribution in [0.15, 0.2) is 39.9 Å². The Morgan fingerprint density at radius 3 is 2.41 bits per heavy atom. The molecule has 3 aliphatic heterocycles. The van der Waals surface area contributed by atoms with Crippen LogP contribution in [-0.2, 0) is 9.47 Å². The van der Waals surface area contributed by atoms with E-state index >= 15 is 0 Å². The molecule has 1 spiro atoms. The van der Waals surface area contributed by atoms with Crippen LogP contribution in [0.1, 0.15) is 56.1 Å². The third-order valence-electron chi connectivity index (χ3n) is 8.47. The van der Waals surface area contributed by atoms with Gasteiger partial charge in [-0.2, -0.15) is 4.98 Å². The molecular formula is C32H41N9O5. The van der Waals surface area contributed by atoms with Crippen LogP contribution in [0, 0.1) is 0 Å². The van der Waals surface area contributed by atoms with Crippen LogP contribution in [0.25, 0.3) is 16.8 Å². The molecule has 0 aromatic carbocycles. The molecule has 3 aromatic heterocycles. The van der Waals surface area contributed by atoms with E-state index in [1.54, 1.807) is 42.4 Å². The molecule has 0 aliphatic carbocycles. The van der Waals surface area contributed by atoms with Crippen LogP contribution in [0.5, 0.6) is 0 Å². The van der Waals surface area contributed by atoms with Crippen molar-refractivity contribution in [2.24, 2.45) is 10.7 Å². The summed E-state index contributed by atoms with van der Waals surface area (Å²) in [5.74, 6) is 0.519. The number of aliphatic imine (C=N–C) groups is 1. The Morgan fingerprint density at radius 1 is 1.04 bits per heavy atom. The topological polar surface area (TPSA) is 165 Å². The van der Waals surface area contributed by atoms with Gasteiger partial charge in [-0.3, -0.25) is 9.79 Å². The predicted molar refractivity (Wildman–Crippen MR) is 175 cm³/mol. The van der Waals surface area contributed by atoms with Crippen molar-refractivity contribution in [1.29, 1.82) is 0 Å². The van der Waals surface area contributed by atoms with E-state index in [1.807, 2.05) is 25.7 Å². The number of fused-ring (bicyclic) bond motifs is 1. The maximum absolute atomic E-state index is 13.9. The Kier molecular flexibility index (Phi) is 8.55. The van der Waals surface area contributed by atoms with Gasteiger partial charge in [-0.25, -0.2) is 14.8 Å². The zero-order valence-electron chi connectivity index (χ0n) is 26.8. The molecule has 3 aliphatic rings. The fourth-order valence-corrected chi connectivity index (χ4v) is 5.89. The normalized spacial score (nSPS) is 18.7. The Morgan fingerprint density at radius 2 is 1.78 bits per heavy atom. The van der Waals surface area contributed by atoms with Gasteiger partial charge in [0.1, 0.15) is 17.2 Å². The lowest BCUT2D eigenvalue weighted by atomic mass is 9.84. The highest BCUT2D eigenvalue weighted by atomic mass is 16.6. The number of nitrogens with zero attached hydrogens (tertiary/aromatic N) is 7. The number of oxazole rings is 1. The summed E-state index contributed by atoms with van der Waals surface area (Å²) in [4.78, 5) is 50.4. The maximum atomic E-state index is 13.9. The fourth-order valence-electron chi connectivity index (χ4n) is 5.89. The second-order valence-electron chi connectivity index (χ2n) is 12.8. The van der Waals surface area contributed by atoms with Gasteiger partial charge in [0.2, 0.25) is 5.65 Å². The molecule has 0 atom stereocenters. The van der Waals surface area contributed by atoms with E-state index in [-0.39, 0.29) is 17.6 Å². The standard InChI is InChI=1S/C32H41N9O5/c1-31(2,3)46-30(43)41-15-13-40(14-16-41)29-38-26-24(45-29)18-22(27(37-26)39-11-8-32(9-12-39)10-17-44-32)28(42)36-25-7-5-6-23(35-25)21(19-33)20-34-4/h5-7,18-20H,8-17,33H2,1-4H3,(H,35,36,42)/b21-19+,34-20?. The number of nitrogens with two attached hydrogens (primary N) is 1. The zero-order chi connectivity index (χ0) is 32.5. The number of allylic oxidation sites excluding steroid dienone is 1. The minimum atomic E-state index is -0.561. The van der Waals surface area contributed by atoms with Crippen molar-refractivity contribution < 1.29 is 23.5 Å². The summed E-state index contributed by atoms with van der Waals surface area (Å²) in [7, 11) is 1.65. The number of hydrogen-bond acceptors (Lipinski definition) is 12. The number of ether oxygens (including phenoxy) is 2. The average Bonchev–Trinajstić information content (AvgIpc) is 3.45. The second kappa shape index (κ2) is 12.6. The van der Waals surface area contributed by atoms with Crippen molar-refractivity contribution in [1.82, 2.24) is 19.9 Å². The van der Waals surface area contributed by atoms with Crippen LogP contribution in [0.3, 0.4) is 0 Å². The van der Waals surface area contributed by atoms with Crippen molar-refractivity contribution in [3.05, 3.63) is 41.7 Å². The molecule has 3 N–H and O–H groups in total. The molecule has 2 amide bonds. The molecule has 0 saturated carbocycles. The monoisotopic (exact) mass is 631 g/mol. The number of nitrogens with one attached hydrogen (secondary N) is 1. The van der Waals surface area contributed by atoms with Gasteiger partial charge in [0.05, 0.1) is 23.5 Å². The number of hydrogen-bond donors (Lipinski definition) is 2. The highest BCUT2D eigenvalue weighted by Crippen LogP contribution is 2.39. The molecule has 0 bridgehead atoms. The predicted octanol–water partition coefficient (Wildman–Crippen LogP) is 3.69. The summed E-state index contributed by atoms with van der Waals surface area (Å²) in [5, 5.41) is 2.93. The van der Waals surface area contributed by atoms with E-state index in [0.29, 0.717) is 85.0 Å². The Hall–Kier alpha value is -4.72. The molecule has 244 valence electrons. The molecular weight excluding hydrogens is 590 g/mol. The smallest absolute Gasteiger partial charge is 0.410 e.